The first-order valence-electron chi connectivity index (χ1n) is 5.24. The molecule has 2 aromatic rings. The Morgan fingerprint density at radius 3 is 2.93 bits per heavy atom. The lowest BCUT2D eigenvalue weighted by Gasteiger charge is -2.06. The number of hydrogen-bond acceptors (Lipinski definition) is 1. The molecule has 14 heavy (non-hydrogen) atoms. The van der Waals surface area contributed by atoms with Gasteiger partial charge < -0.3 is 10.3 Å². The van der Waals surface area contributed by atoms with Gasteiger partial charge in [0.15, 0.2) is 0 Å². The molecule has 1 fully saturated rings. The second-order valence-corrected chi connectivity index (χ2v) is 3.96. The molecular formula is C12H14N2. The summed E-state index contributed by atoms with van der Waals surface area (Å²) in [6, 6.07) is 11.3. The molecular weight excluding hydrogens is 172 g/mol. The largest absolute Gasteiger partial charge is 0.357 e. The zero-order valence-electron chi connectivity index (χ0n) is 8.09. The first-order valence-corrected chi connectivity index (χ1v) is 5.24. The Kier molecular flexibility index (Phi) is 1.81. The molecule has 1 saturated heterocycles. The highest BCUT2D eigenvalue weighted by molar-refractivity contribution is 5.80. The topological polar surface area (TPSA) is 27.8 Å². The van der Waals surface area contributed by atoms with Crippen LogP contribution in [0, 0.1) is 0 Å². The van der Waals surface area contributed by atoms with Crippen molar-refractivity contribution in [2.45, 2.75) is 18.9 Å². The lowest BCUT2D eigenvalue weighted by atomic mass is 10.1. The van der Waals surface area contributed by atoms with E-state index in [0.717, 1.165) is 6.54 Å². The number of aromatic nitrogens is 1. The highest BCUT2D eigenvalue weighted by atomic mass is 15.0. The lowest BCUT2D eigenvalue weighted by Crippen LogP contribution is -2.12. The molecule has 1 aliphatic rings. The number of aromatic amines is 1. The van der Waals surface area contributed by atoms with E-state index in [-0.39, 0.29) is 0 Å². The van der Waals surface area contributed by atoms with E-state index >= 15 is 0 Å². The van der Waals surface area contributed by atoms with Crippen molar-refractivity contribution >= 4 is 10.9 Å². The van der Waals surface area contributed by atoms with E-state index in [1.165, 1.54) is 29.4 Å². The van der Waals surface area contributed by atoms with Gasteiger partial charge >= 0.3 is 0 Å². The molecule has 1 aliphatic heterocycles. The SMILES string of the molecule is c1ccc2[nH]c(C3CCCN3)cc2c1. The van der Waals surface area contributed by atoms with Crippen molar-refractivity contribution < 1.29 is 0 Å². The molecule has 2 heterocycles. The molecule has 1 unspecified atom stereocenters. The van der Waals surface area contributed by atoms with Crippen LogP contribution in [-0.2, 0) is 0 Å². The number of para-hydroxylation sites is 1. The molecule has 0 radical (unpaired) electrons. The van der Waals surface area contributed by atoms with Gasteiger partial charge in [0.05, 0.1) is 0 Å². The van der Waals surface area contributed by atoms with Crippen LogP contribution in [0.15, 0.2) is 30.3 Å². The van der Waals surface area contributed by atoms with Gasteiger partial charge in [0.2, 0.25) is 0 Å². The molecule has 2 N–H and O–H groups in total. The molecule has 2 heteroatoms. The smallest absolute Gasteiger partial charge is 0.0473 e. The second-order valence-electron chi connectivity index (χ2n) is 3.96. The van der Waals surface area contributed by atoms with Crippen LogP contribution in [0.3, 0.4) is 0 Å². The van der Waals surface area contributed by atoms with E-state index in [2.05, 4.69) is 40.6 Å². The molecule has 3 rings (SSSR count). The number of hydrogen-bond donors (Lipinski definition) is 2. The van der Waals surface area contributed by atoms with Crippen LogP contribution in [0.1, 0.15) is 24.6 Å². The maximum Gasteiger partial charge on any atom is 0.0473 e. The van der Waals surface area contributed by atoms with Crippen LogP contribution in [-0.4, -0.2) is 11.5 Å². The van der Waals surface area contributed by atoms with Crippen molar-refractivity contribution in [3.63, 3.8) is 0 Å². The quantitative estimate of drug-likeness (QED) is 0.704. The van der Waals surface area contributed by atoms with Crippen molar-refractivity contribution in [3.05, 3.63) is 36.0 Å². The van der Waals surface area contributed by atoms with Gasteiger partial charge in [0.1, 0.15) is 0 Å². The fraction of sp³-hybridized carbons (Fsp3) is 0.333. The standard InChI is InChI=1S/C12H14N2/c1-2-5-10-9(4-1)8-12(14-10)11-6-3-7-13-11/h1-2,4-5,8,11,13-14H,3,6-7H2. The number of benzene rings is 1. The Bertz CT molecular complexity index is 405. The molecule has 0 aliphatic carbocycles. The molecule has 0 bridgehead atoms. The van der Waals surface area contributed by atoms with E-state index in [9.17, 15) is 0 Å². The fourth-order valence-corrected chi connectivity index (χ4v) is 2.23. The predicted molar refractivity (Wildman–Crippen MR) is 58.3 cm³/mol. The van der Waals surface area contributed by atoms with Crippen LogP contribution in [0.4, 0.5) is 0 Å². The van der Waals surface area contributed by atoms with Crippen LogP contribution in [0.5, 0.6) is 0 Å². The highest BCUT2D eigenvalue weighted by Crippen LogP contribution is 2.25. The minimum atomic E-state index is 0.544. The number of H-pyrrole nitrogens is 1. The summed E-state index contributed by atoms with van der Waals surface area (Å²) in [5.74, 6) is 0. The monoisotopic (exact) mass is 186 g/mol. The Labute approximate surface area is 83.3 Å². The summed E-state index contributed by atoms with van der Waals surface area (Å²) in [7, 11) is 0. The van der Waals surface area contributed by atoms with Crippen molar-refractivity contribution in [1.29, 1.82) is 0 Å². The fourth-order valence-electron chi connectivity index (χ4n) is 2.23. The van der Waals surface area contributed by atoms with Crippen molar-refractivity contribution in [3.8, 4) is 0 Å². The molecule has 0 saturated carbocycles. The molecule has 0 amide bonds. The summed E-state index contributed by atoms with van der Waals surface area (Å²) in [5.41, 5.74) is 2.58. The Hall–Kier alpha value is -1.28. The number of nitrogens with one attached hydrogen (secondary N) is 2. The highest BCUT2D eigenvalue weighted by Gasteiger charge is 2.17. The van der Waals surface area contributed by atoms with Gasteiger partial charge in [-0.3, -0.25) is 0 Å². The van der Waals surface area contributed by atoms with E-state index in [0.29, 0.717) is 6.04 Å². The number of fused-ring (bicyclic) bond motifs is 1. The van der Waals surface area contributed by atoms with Crippen LogP contribution < -0.4 is 5.32 Å². The third-order valence-electron chi connectivity index (χ3n) is 2.99. The van der Waals surface area contributed by atoms with Gasteiger partial charge in [-0.05, 0) is 36.9 Å². The molecule has 1 aromatic carbocycles. The minimum absolute atomic E-state index is 0.544. The maximum atomic E-state index is 3.50. The summed E-state index contributed by atoms with van der Waals surface area (Å²) in [5, 5.41) is 4.82. The zero-order chi connectivity index (χ0) is 9.38. The van der Waals surface area contributed by atoms with Gasteiger partial charge in [0, 0.05) is 17.3 Å². The first-order chi connectivity index (χ1) is 6.93. The van der Waals surface area contributed by atoms with E-state index in [1.807, 2.05) is 0 Å². The summed E-state index contributed by atoms with van der Waals surface area (Å²) < 4.78 is 0. The zero-order valence-corrected chi connectivity index (χ0v) is 8.09. The van der Waals surface area contributed by atoms with Gasteiger partial charge in [0.25, 0.3) is 0 Å². The van der Waals surface area contributed by atoms with Crippen molar-refractivity contribution in [2.75, 3.05) is 6.54 Å². The minimum Gasteiger partial charge on any atom is -0.357 e. The third-order valence-corrected chi connectivity index (χ3v) is 2.99. The number of rotatable bonds is 1. The van der Waals surface area contributed by atoms with Gasteiger partial charge in [-0.15, -0.1) is 0 Å². The van der Waals surface area contributed by atoms with Crippen molar-refractivity contribution in [1.82, 2.24) is 10.3 Å². The molecule has 1 aromatic heterocycles. The van der Waals surface area contributed by atoms with E-state index in [1.54, 1.807) is 0 Å². The molecule has 72 valence electrons. The van der Waals surface area contributed by atoms with Crippen LogP contribution in [0.25, 0.3) is 10.9 Å². The Morgan fingerprint density at radius 2 is 2.14 bits per heavy atom. The molecule has 0 spiro atoms. The first kappa shape index (κ1) is 8.06. The second kappa shape index (κ2) is 3.14. The molecule has 2 nitrogen and oxygen atoms in total. The Morgan fingerprint density at radius 1 is 1.21 bits per heavy atom. The predicted octanol–water partition coefficient (Wildman–Crippen LogP) is 2.59. The average molecular weight is 186 g/mol. The summed E-state index contributed by atoms with van der Waals surface area (Å²) in [4.78, 5) is 3.48. The Balaban J connectivity index is 2.05. The lowest BCUT2D eigenvalue weighted by molar-refractivity contribution is 0.633. The molecule has 1 atom stereocenters. The maximum absolute atomic E-state index is 3.50. The average Bonchev–Trinajstić information content (AvgIpc) is 2.86. The van der Waals surface area contributed by atoms with Gasteiger partial charge in [-0.1, -0.05) is 18.2 Å². The summed E-state index contributed by atoms with van der Waals surface area (Å²) in [6.07, 6.45) is 2.55. The third kappa shape index (κ3) is 1.23. The summed E-state index contributed by atoms with van der Waals surface area (Å²) in [6.45, 7) is 1.15. The van der Waals surface area contributed by atoms with Crippen LogP contribution >= 0.6 is 0 Å². The van der Waals surface area contributed by atoms with Crippen molar-refractivity contribution in [2.24, 2.45) is 0 Å². The van der Waals surface area contributed by atoms with E-state index in [4.69, 9.17) is 0 Å². The van der Waals surface area contributed by atoms with Gasteiger partial charge in [-0.2, -0.15) is 0 Å². The van der Waals surface area contributed by atoms with Crippen LogP contribution in [0.2, 0.25) is 0 Å². The van der Waals surface area contributed by atoms with Gasteiger partial charge in [-0.25, -0.2) is 0 Å². The van der Waals surface area contributed by atoms with E-state index < -0.39 is 0 Å². The normalized spacial score (nSPS) is 21.9. The summed E-state index contributed by atoms with van der Waals surface area (Å²) >= 11 is 0.